The smallest absolute Gasteiger partial charge is 0.344 e. The molecule has 0 bridgehead atoms. The molecule has 0 atom stereocenters. The van der Waals surface area contributed by atoms with Gasteiger partial charge in [0.15, 0.2) is 0 Å². The van der Waals surface area contributed by atoms with Gasteiger partial charge < -0.3 is 15.2 Å². The number of carbonyl (C=O) groups is 1. The molecule has 0 aliphatic rings. The number of rotatable bonds is 4. The second-order valence-electron chi connectivity index (χ2n) is 2.87. The summed E-state index contributed by atoms with van der Waals surface area (Å²) in [5, 5.41) is 0. The Morgan fingerprint density at radius 2 is 2.07 bits per heavy atom. The quantitative estimate of drug-likeness (QED) is 0.607. The maximum Gasteiger partial charge on any atom is 0.344 e. The van der Waals surface area contributed by atoms with Gasteiger partial charge in [0.1, 0.15) is 11.3 Å². The number of esters is 1. The largest absolute Gasteiger partial charge is 0.493 e. The third-order valence-corrected chi connectivity index (χ3v) is 1.84. The molecular weight excluding hydrogens is 194 g/mol. The highest BCUT2D eigenvalue weighted by Crippen LogP contribution is 2.25. The average molecular weight is 209 g/mol. The van der Waals surface area contributed by atoms with Crippen LogP contribution in [0.2, 0.25) is 0 Å². The molecule has 0 saturated heterocycles. The molecule has 1 rings (SSSR count). The SMILES string of the molecule is CCOC(=O)c1c(N)cccc1OCC. The van der Waals surface area contributed by atoms with E-state index in [1.54, 1.807) is 25.1 Å². The lowest BCUT2D eigenvalue weighted by Gasteiger charge is -2.11. The van der Waals surface area contributed by atoms with E-state index in [-0.39, 0.29) is 0 Å². The van der Waals surface area contributed by atoms with Gasteiger partial charge in [0.05, 0.1) is 13.2 Å². The Kier molecular flexibility index (Phi) is 3.97. The number of ether oxygens (including phenoxy) is 2. The molecule has 0 radical (unpaired) electrons. The maximum absolute atomic E-state index is 11.6. The van der Waals surface area contributed by atoms with Crippen LogP contribution in [-0.4, -0.2) is 19.2 Å². The van der Waals surface area contributed by atoms with Crippen LogP contribution in [0, 0.1) is 0 Å². The zero-order valence-electron chi connectivity index (χ0n) is 8.95. The van der Waals surface area contributed by atoms with Crippen molar-refractivity contribution in [2.24, 2.45) is 0 Å². The Balaban J connectivity index is 3.06. The predicted molar refractivity (Wildman–Crippen MR) is 58.0 cm³/mol. The molecule has 0 aliphatic carbocycles. The molecule has 2 N–H and O–H groups in total. The minimum atomic E-state index is -0.445. The highest BCUT2D eigenvalue weighted by Gasteiger charge is 2.16. The topological polar surface area (TPSA) is 61.5 Å². The molecule has 0 spiro atoms. The van der Waals surface area contributed by atoms with Crippen molar-refractivity contribution in [1.82, 2.24) is 0 Å². The molecule has 82 valence electrons. The number of nitrogens with two attached hydrogens (primary N) is 1. The van der Waals surface area contributed by atoms with E-state index in [0.29, 0.717) is 30.2 Å². The molecule has 0 heterocycles. The Hall–Kier alpha value is -1.71. The maximum atomic E-state index is 11.6. The molecule has 0 aliphatic heterocycles. The molecule has 1 aromatic rings. The normalized spacial score (nSPS) is 9.73. The monoisotopic (exact) mass is 209 g/mol. The first-order valence-corrected chi connectivity index (χ1v) is 4.89. The second-order valence-corrected chi connectivity index (χ2v) is 2.87. The van der Waals surface area contributed by atoms with Crippen LogP contribution in [0.3, 0.4) is 0 Å². The second kappa shape index (κ2) is 5.24. The number of anilines is 1. The number of benzene rings is 1. The van der Waals surface area contributed by atoms with Gasteiger partial charge in [-0.05, 0) is 26.0 Å². The van der Waals surface area contributed by atoms with Gasteiger partial charge in [-0.15, -0.1) is 0 Å². The van der Waals surface area contributed by atoms with E-state index < -0.39 is 5.97 Å². The van der Waals surface area contributed by atoms with E-state index in [1.165, 1.54) is 0 Å². The molecule has 0 amide bonds. The summed E-state index contributed by atoms with van der Waals surface area (Å²) in [6, 6.07) is 5.09. The molecule has 1 aromatic carbocycles. The van der Waals surface area contributed by atoms with Gasteiger partial charge in [-0.25, -0.2) is 4.79 Å². The zero-order valence-corrected chi connectivity index (χ0v) is 8.95. The first-order chi connectivity index (χ1) is 7.20. The fourth-order valence-electron chi connectivity index (χ4n) is 1.25. The molecule has 4 heteroatoms. The molecular formula is C11H15NO3. The van der Waals surface area contributed by atoms with Gasteiger partial charge in [0.2, 0.25) is 0 Å². The van der Waals surface area contributed by atoms with E-state index in [1.807, 2.05) is 6.92 Å². The lowest BCUT2D eigenvalue weighted by Crippen LogP contribution is -2.10. The van der Waals surface area contributed by atoms with Gasteiger partial charge in [-0.2, -0.15) is 0 Å². The summed E-state index contributed by atoms with van der Waals surface area (Å²) < 4.78 is 10.2. The molecule has 0 saturated carbocycles. The van der Waals surface area contributed by atoms with Crippen LogP contribution in [0.25, 0.3) is 0 Å². The predicted octanol–water partition coefficient (Wildman–Crippen LogP) is 1.84. The molecule has 0 fully saturated rings. The van der Waals surface area contributed by atoms with Crippen molar-refractivity contribution in [2.75, 3.05) is 18.9 Å². The first-order valence-electron chi connectivity index (χ1n) is 4.89. The van der Waals surface area contributed by atoms with Gasteiger partial charge in [-0.1, -0.05) is 6.07 Å². The highest BCUT2D eigenvalue weighted by molar-refractivity contribution is 5.98. The van der Waals surface area contributed by atoms with E-state index >= 15 is 0 Å². The Morgan fingerprint density at radius 1 is 1.33 bits per heavy atom. The summed E-state index contributed by atoms with van der Waals surface area (Å²) in [4.78, 5) is 11.6. The van der Waals surface area contributed by atoms with E-state index in [0.717, 1.165) is 0 Å². The van der Waals surface area contributed by atoms with Crippen LogP contribution < -0.4 is 10.5 Å². The van der Waals surface area contributed by atoms with Crippen molar-refractivity contribution in [3.63, 3.8) is 0 Å². The zero-order chi connectivity index (χ0) is 11.3. The third-order valence-electron chi connectivity index (χ3n) is 1.84. The van der Waals surface area contributed by atoms with Crippen LogP contribution in [0.1, 0.15) is 24.2 Å². The van der Waals surface area contributed by atoms with Crippen molar-refractivity contribution in [2.45, 2.75) is 13.8 Å². The van der Waals surface area contributed by atoms with Crippen LogP contribution >= 0.6 is 0 Å². The Morgan fingerprint density at radius 3 is 2.67 bits per heavy atom. The summed E-state index contributed by atoms with van der Waals surface area (Å²) in [6.45, 7) is 4.39. The number of nitrogen functional groups attached to an aromatic ring is 1. The van der Waals surface area contributed by atoms with Crippen LogP contribution in [0.15, 0.2) is 18.2 Å². The Labute approximate surface area is 89.0 Å². The van der Waals surface area contributed by atoms with Crippen molar-refractivity contribution >= 4 is 11.7 Å². The van der Waals surface area contributed by atoms with Crippen molar-refractivity contribution < 1.29 is 14.3 Å². The number of hydrogen-bond donors (Lipinski definition) is 1. The van der Waals surface area contributed by atoms with Crippen molar-refractivity contribution in [1.29, 1.82) is 0 Å². The lowest BCUT2D eigenvalue weighted by atomic mass is 10.1. The standard InChI is InChI=1S/C11H15NO3/c1-3-14-9-7-5-6-8(12)10(9)11(13)15-4-2/h5-7H,3-4,12H2,1-2H3. The highest BCUT2D eigenvalue weighted by atomic mass is 16.5. The first kappa shape index (κ1) is 11.4. The van der Waals surface area contributed by atoms with E-state index in [9.17, 15) is 4.79 Å². The summed E-state index contributed by atoms with van der Waals surface area (Å²) in [5.74, 6) is 0.0231. The van der Waals surface area contributed by atoms with E-state index in [2.05, 4.69) is 0 Å². The van der Waals surface area contributed by atoms with Gasteiger partial charge >= 0.3 is 5.97 Å². The summed E-state index contributed by atoms with van der Waals surface area (Å²) in [7, 11) is 0. The molecule has 15 heavy (non-hydrogen) atoms. The number of carbonyl (C=O) groups excluding carboxylic acids is 1. The van der Waals surface area contributed by atoms with Crippen LogP contribution in [0.4, 0.5) is 5.69 Å². The Bertz CT molecular complexity index is 350. The average Bonchev–Trinajstić information content (AvgIpc) is 2.18. The summed E-state index contributed by atoms with van der Waals surface area (Å²) in [5.41, 5.74) is 6.38. The lowest BCUT2D eigenvalue weighted by molar-refractivity contribution is 0.0523. The fourth-order valence-corrected chi connectivity index (χ4v) is 1.25. The van der Waals surface area contributed by atoms with Gasteiger partial charge in [-0.3, -0.25) is 0 Å². The van der Waals surface area contributed by atoms with Crippen molar-refractivity contribution in [3.05, 3.63) is 23.8 Å². The minimum absolute atomic E-state index is 0.307. The number of hydrogen-bond acceptors (Lipinski definition) is 4. The third kappa shape index (κ3) is 2.62. The van der Waals surface area contributed by atoms with Crippen molar-refractivity contribution in [3.8, 4) is 5.75 Å². The summed E-state index contributed by atoms with van der Waals surface area (Å²) in [6.07, 6.45) is 0. The van der Waals surface area contributed by atoms with Gasteiger partial charge in [0, 0.05) is 5.69 Å². The minimum Gasteiger partial charge on any atom is -0.493 e. The fraction of sp³-hybridized carbons (Fsp3) is 0.364. The molecule has 0 aromatic heterocycles. The van der Waals surface area contributed by atoms with Crippen LogP contribution in [-0.2, 0) is 4.74 Å². The molecule has 4 nitrogen and oxygen atoms in total. The van der Waals surface area contributed by atoms with Crippen LogP contribution in [0.5, 0.6) is 5.75 Å². The molecule has 0 unspecified atom stereocenters. The van der Waals surface area contributed by atoms with E-state index in [4.69, 9.17) is 15.2 Å². The summed E-state index contributed by atoms with van der Waals surface area (Å²) >= 11 is 0. The van der Waals surface area contributed by atoms with Gasteiger partial charge in [0.25, 0.3) is 0 Å².